The molecule has 0 unspecified atom stereocenters. The highest BCUT2D eigenvalue weighted by Crippen LogP contribution is 2.41. The number of carbonyl (C=O) groups is 1. The van der Waals surface area contributed by atoms with Gasteiger partial charge < -0.3 is 10.0 Å². The predicted octanol–water partition coefficient (Wildman–Crippen LogP) is 2.96. The Balaban J connectivity index is 2.03. The lowest BCUT2D eigenvalue weighted by Gasteiger charge is -2.41. The molecule has 2 atom stereocenters. The standard InChI is InChI=1S/C19H23NO2/c1-20(2)13-17-9-10-18(21)12-19(17,22)16-8-7-14-5-3-4-6-15(14)11-16/h3-8,11,17,22H,9-10,12-13H2,1-2H3/t17-,19-/m1/s1. The third-order valence-corrected chi connectivity index (χ3v) is 4.75. The summed E-state index contributed by atoms with van der Waals surface area (Å²) < 4.78 is 0. The number of hydrogen-bond donors (Lipinski definition) is 1. The summed E-state index contributed by atoms with van der Waals surface area (Å²) in [7, 11) is 4.02. The van der Waals surface area contributed by atoms with Gasteiger partial charge in [-0.3, -0.25) is 4.79 Å². The first-order valence-electron chi connectivity index (χ1n) is 7.87. The minimum Gasteiger partial charge on any atom is -0.384 e. The number of Topliss-reactive ketones (excluding diaryl/α,β-unsaturated/α-hetero) is 1. The summed E-state index contributed by atoms with van der Waals surface area (Å²) >= 11 is 0. The van der Waals surface area contributed by atoms with Gasteiger partial charge in [0.25, 0.3) is 0 Å². The Labute approximate surface area is 131 Å². The molecule has 1 N–H and O–H groups in total. The SMILES string of the molecule is CN(C)C[C@H]1CCC(=O)C[C@@]1(O)c1ccc2ccccc2c1. The molecule has 116 valence electrons. The molecule has 0 aromatic heterocycles. The number of hydrogen-bond acceptors (Lipinski definition) is 3. The topological polar surface area (TPSA) is 40.5 Å². The molecule has 22 heavy (non-hydrogen) atoms. The second-order valence-corrected chi connectivity index (χ2v) is 6.70. The summed E-state index contributed by atoms with van der Waals surface area (Å²) in [6.07, 6.45) is 1.55. The minimum atomic E-state index is -1.05. The molecular weight excluding hydrogens is 274 g/mol. The Morgan fingerprint density at radius 3 is 2.64 bits per heavy atom. The van der Waals surface area contributed by atoms with Gasteiger partial charge in [0.05, 0.1) is 0 Å². The van der Waals surface area contributed by atoms with Gasteiger partial charge in [0.2, 0.25) is 0 Å². The number of benzene rings is 2. The first-order valence-corrected chi connectivity index (χ1v) is 7.87. The molecule has 0 saturated heterocycles. The first kappa shape index (κ1) is 15.2. The van der Waals surface area contributed by atoms with Crippen molar-refractivity contribution in [2.45, 2.75) is 24.9 Å². The number of aliphatic hydroxyl groups is 1. The predicted molar refractivity (Wildman–Crippen MR) is 88.7 cm³/mol. The molecule has 1 aliphatic rings. The number of nitrogens with zero attached hydrogens (tertiary/aromatic N) is 1. The van der Waals surface area contributed by atoms with Crippen molar-refractivity contribution in [1.29, 1.82) is 0 Å². The summed E-state index contributed by atoms with van der Waals surface area (Å²) in [5.74, 6) is 0.243. The van der Waals surface area contributed by atoms with Gasteiger partial charge in [-0.2, -0.15) is 0 Å². The van der Waals surface area contributed by atoms with Gasteiger partial charge in [-0.25, -0.2) is 0 Å². The molecule has 2 aromatic rings. The normalized spacial score (nSPS) is 25.8. The maximum Gasteiger partial charge on any atom is 0.136 e. The Hall–Kier alpha value is -1.71. The minimum absolute atomic E-state index is 0.0846. The third kappa shape index (κ3) is 2.79. The van der Waals surface area contributed by atoms with Crippen LogP contribution in [-0.4, -0.2) is 36.4 Å². The van der Waals surface area contributed by atoms with Crippen LogP contribution in [0.4, 0.5) is 0 Å². The molecule has 0 radical (unpaired) electrons. The molecule has 1 saturated carbocycles. The summed E-state index contributed by atoms with van der Waals surface area (Å²) in [5.41, 5.74) is -0.185. The van der Waals surface area contributed by atoms with Crippen molar-refractivity contribution in [3.8, 4) is 0 Å². The lowest BCUT2D eigenvalue weighted by Crippen LogP contribution is -2.45. The van der Waals surface area contributed by atoms with Crippen molar-refractivity contribution in [3.63, 3.8) is 0 Å². The van der Waals surface area contributed by atoms with Crippen molar-refractivity contribution >= 4 is 16.6 Å². The van der Waals surface area contributed by atoms with E-state index in [0.29, 0.717) is 6.42 Å². The maximum atomic E-state index is 12.0. The van der Waals surface area contributed by atoms with E-state index in [1.807, 2.05) is 50.5 Å². The van der Waals surface area contributed by atoms with E-state index < -0.39 is 5.60 Å². The quantitative estimate of drug-likeness (QED) is 0.947. The molecule has 0 amide bonds. The van der Waals surface area contributed by atoms with Crippen LogP contribution in [0.3, 0.4) is 0 Å². The van der Waals surface area contributed by atoms with Crippen LogP contribution in [0.15, 0.2) is 42.5 Å². The van der Waals surface area contributed by atoms with Gasteiger partial charge >= 0.3 is 0 Å². The van der Waals surface area contributed by atoms with E-state index in [9.17, 15) is 9.90 Å². The number of rotatable bonds is 3. The molecule has 3 nitrogen and oxygen atoms in total. The maximum absolute atomic E-state index is 12.0. The summed E-state index contributed by atoms with van der Waals surface area (Å²) in [6, 6.07) is 14.2. The monoisotopic (exact) mass is 297 g/mol. The van der Waals surface area contributed by atoms with Gasteiger partial charge in [-0.1, -0.05) is 36.4 Å². The molecule has 0 bridgehead atoms. The molecule has 3 rings (SSSR count). The van der Waals surface area contributed by atoms with Crippen LogP contribution >= 0.6 is 0 Å². The lowest BCUT2D eigenvalue weighted by molar-refractivity contribution is -0.135. The fourth-order valence-electron chi connectivity index (χ4n) is 3.59. The molecule has 1 fully saturated rings. The van der Waals surface area contributed by atoms with E-state index in [1.54, 1.807) is 0 Å². The van der Waals surface area contributed by atoms with Crippen LogP contribution in [0.1, 0.15) is 24.8 Å². The Bertz CT molecular complexity index is 695. The average molecular weight is 297 g/mol. The van der Waals surface area contributed by atoms with Crippen LogP contribution in [-0.2, 0) is 10.4 Å². The van der Waals surface area contributed by atoms with Crippen LogP contribution in [0.25, 0.3) is 10.8 Å². The lowest BCUT2D eigenvalue weighted by atomic mass is 9.70. The van der Waals surface area contributed by atoms with Crippen molar-refractivity contribution in [1.82, 2.24) is 4.90 Å². The Kier molecular flexibility index (Phi) is 4.02. The van der Waals surface area contributed by atoms with Crippen molar-refractivity contribution in [2.24, 2.45) is 5.92 Å². The molecular formula is C19H23NO2. The highest BCUT2D eigenvalue weighted by molar-refractivity contribution is 5.84. The van der Waals surface area contributed by atoms with E-state index in [0.717, 1.165) is 29.3 Å². The van der Waals surface area contributed by atoms with Gasteiger partial charge in [0.1, 0.15) is 11.4 Å². The highest BCUT2D eigenvalue weighted by atomic mass is 16.3. The second-order valence-electron chi connectivity index (χ2n) is 6.70. The van der Waals surface area contributed by atoms with Crippen LogP contribution in [0.2, 0.25) is 0 Å². The van der Waals surface area contributed by atoms with Gasteiger partial charge in [0, 0.05) is 25.3 Å². The fraction of sp³-hybridized carbons (Fsp3) is 0.421. The zero-order valence-corrected chi connectivity index (χ0v) is 13.2. The van der Waals surface area contributed by atoms with Gasteiger partial charge in [0.15, 0.2) is 0 Å². The Morgan fingerprint density at radius 1 is 1.18 bits per heavy atom. The molecule has 3 heteroatoms. The largest absolute Gasteiger partial charge is 0.384 e. The van der Waals surface area contributed by atoms with E-state index in [2.05, 4.69) is 11.0 Å². The smallest absolute Gasteiger partial charge is 0.136 e. The number of carbonyl (C=O) groups excluding carboxylic acids is 1. The summed E-state index contributed by atoms with van der Waals surface area (Å²) in [6.45, 7) is 0.788. The van der Waals surface area contributed by atoms with Crippen LogP contribution < -0.4 is 0 Å². The first-order chi connectivity index (χ1) is 10.5. The highest BCUT2D eigenvalue weighted by Gasteiger charge is 2.43. The van der Waals surface area contributed by atoms with E-state index in [-0.39, 0.29) is 18.1 Å². The molecule has 0 heterocycles. The molecule has 0 spiro atoms. The molecule has 1 aliphatic carbocycles. The van der Waals surface area contributed by atoms with Crippen molar-refractivity contribution in [3.05, 3.63) is 48.0 Å². The average Bonchev–Trinajstić information content (AvgIpc) is 2.49. The van der Waals surface area contributed by atoms with Gasteiger partial charge in [-0.05, 0) is 42.9 Å². The second kappa shape index (κ2) is 5.82. The summed E-state index contributed by atoms with van der Waals surface area (Å²) in [5, 5.41) is 13.6. The van der Waals surface area contributed by atoms with Crippen molar-refractivity contribution < 1.29 is 9.90 Å². The van der Waals surface area contributed by atoms with Crippen LogP contribution in [0, 0.1) is 5.92 Å². The van der Waals surface area contributed by atoms with E-state index in [4.69, 9.17) is 0 Å². The van der Waals surface area contributed by atoms with Gasteiger partial charge in [-0.15, -0.1) is 0 Å². The van der Waals surface area contributed by atoms with Crippen LogP contribution in [0.5, 0.6) is 0 Å². The molecule has 2 aromatic carbocycles. The Morgan fingerprint density at radius 2 is 1.91 bits per heavy atom. The molecule has 0 aliphatic heterocycles. The van der Waals surface area contributed by atoms with E-state index >= 15 is 0 Å². The zero-order valence-electron chi connectivity index (χ0n) is 13.2. The number of fused-ring (bicyclic) bond motifs is 1. The number of ketones is 1. The van der Waals surface area contributed by atoms with E-state index in [1.165, 1.54) is 0 Å². The third-order valence-electron chi connectivity index (χ3n) is 4.75. The zero-order chi connectivity index (χ0) is 15.7. The van der Waals surface area contributed by atoms with Crippen molar-refractivity contribution in [2.75, 3.05) is 20.6 Å². The fourth-order valence-corrected chi connectivity index (χ4v) is 3.59. The summed E-state index contributed by atoms with van der Waals surface area (Å²) in [4.78, 5) is 14.1.